The number of nitrogens with one attached hydrogen (secondary N) is 1. The molecule has 20 heavy (non-hydrogen) atoms. The first-order chi connectivity index (χ1) is 9.56. The molecule has 110 valence electrons. The average Bonchev–Trinajstić information content (AvgIpc) is 3.13. The van der Waals surface area contributed by atoms with E-state index in [1.54, 1.807) is 11.0 Å². The molecule has 2 amide bonds. The molecule has 6 heteroatoms. The van der Waals surface area contributed by atoms with Crippen molar-refractivity contribution in [1.29, 1.82) is 0 Å². The molecule has 0 aliphatic heterocycles. The Labute approximate surface area is 118 Å². The van der Waals surface area contributed by atoms with Crippen LogP contribution in [0.5, 0.6) is 0 Å². The van der Waals surface area contributed by atoms with Crippen molar-refractivity contribution in [2.24, 2.45) is 11.8 Å². The quantitative estimate of drug-likeness (QED) is 0.827. The Morgan fingerprint density at radius 2 is 2.25 bits per heavy atom. The zero-order valence-electron chi connectivity index (χ0n) is 12.0. The second-order valence-electron chi connectivity index (χ2n) is 5.65. The lowest BCUT2D eigenvalue weighted by atomic mass is 10.1. The Morgan fingerprint density at radius 3 is 2.80 bits per heavy atom. The summed E-state index contributed by atoms with van der Waals surface area (Å²) in [6, 6.07) is 1.57. The Bertz CT molecular complexity index is 452. The third kappa shape index (κ3) is 4.36. The van der Waals surface area contributed by atoms with Gasteiger partial charge in [0.2, 0.25) is 11.8 Å². The maximum Gasteiger partial charge on any atom is 0.245 e. The molecule has 0 unspecified atom stereocenters. The van der Waals surface area contributed by atoms with E-state index in [0.717, 1.165) is 19.3 Å². The smallest absolute Gasteiger partial charge is 0.245 e. The normalized spacial score (nSPS) is 14.3. The Kier molecular flexibility index (Phi) is 4.76. The molecule has 0 aromatic carbocycles. The van der Waals surface area contributed by atoms with Crippen LogP contribution in [0.4, 0.5) is 5.82 Å². The fourth-order valence-corrected chi connectivity index (χ4v) is 1.90. The molecule has 1 aliphatic rings. The molecule has 1 heterocycles. The van der Waals surface area contributed by atoms with E-state index >= 15 is 0 Å². The van der Waals surface area contributed by atoms with E-state index in [0.29, 0.717) is 18.3 Å². The van der Waals surface area contributed by atoms with Crippen molar-refractivity contribution in [3.05, 3.63) is 12.3 Å². The van der Waals surface area contributed by atoms with Gasteiger partial charge >= 0.3 is 0 Å². The summed E-state index contributed by atoms with van der Waals surface area (Å²) in [6.07, 6.45) is 4.18. The Balaban J connectivity index is 1.88. The van der Waals surface area contributed by atoms with Crippen molar-refractivity contribution in [1.82, 2.24) is 10.1 Å². The molecule has 2 rings (SSSR count). The molecule has 1 aromatic rings. The standard InChI is InChI=1S/C14H21N3O3/c1-10(2)5-7-17(14(19)11-3-4-11)9-13(18)15-12-6-8-20-16-12/h6,8,10-11H,3-5,7,9H2,1-2H3,(H,15,16,18). The molecular weight excluding hydrogens is 258 g/mol. The van der Waals surface area contributed by atoms with Crippen LogP contribution in [0.2, 0.25) is 0 Å². The van der Waals surface area contributed by atoms with Gasteiger partial charge in [-0.05, 0) is 25.2 Å². The number of hydrogen-bond donors (Lipinski definition) is 1. The summed E-state index contributed by atoms with van der Waals surface area (Å²) in [6.45, 7) is 4.92. The number of nitrogens with zero attached hydrogens (tertiary/aromatic N) is 2. The van der Waals surface area contributed by atoms with Crippen LogP contribution in [0.1, 0.15) is 33.1 Å². The van der Waals surface area contributed by atoms with E-state index in [2.05, 4.69) is 28.8 Å². The Morgan fingerprint density at radius 1 is 1.50 bits per heavy atom. The first-order valence-corrected chi connectivity index (χ1v) is 7.05. The number of anilines is 1. The first kappa shape index (κ1) is 14.6. The number of aromatic nitrogens is 1. The molecule has 1 saturated carbocycles. The van der Waals surface area contributed by atoms with E-state index in [9.17, 15) is 9.59 Å². The van der Waals surface area contributed by atoms with Crippen LogP contribution in [0.25, 0.3) is 0 Å². The van der Waals surface area contributed by atoms with Crippen LogP contribution >= 0.6 is 0 Å². The second-order valence-corrected chi connectivity index (χ2v) is 5.65. The molecule has 0 saturated heterocycles. The van der Waals surface area contributed by atoms with E-state index in [1.807, 2.05) is 0 Å². The van der Waals surface area contributed by atoms with Crippen molar-refractivity contribution in [2.75, 3.05) is 18.4 Å². The van der Waals surface area contributed by atoms with Crippen molar-refractivity contribution in [3.8, 4) is 0 Å². The summed E-state index contributed by atoms with van der Waals surface area (Å²) < 4.78 is 4.65. The minimum atomic E-state index is -0.239. The highest BCUT2D eigenvalue weighted by atomic mass is 16.5. The number of amides is 2. The SMILES string of the molecule is CC(C)CCN(CC(=O)Nc1ccon1)C(=O)C1CC1. The van der Waals surface area contributed by atoms with Crippen LogP contribution in [0, 0.1) is 11.8 Å². The van der Waals surface area contributed by atoms with Crippen LogP contribution in [0.3, 0.4) is 0 Å². The first-order valence-electron chi connectivity index (χ1n) is 7.05. The highest BCUT2D eigenvalue weighted by molar-refractivity contribution is 5.94. The Hall–Kier alpha value is -1.85. The number of rotatable bonds is 7. The predicted octanol–water partition coefficient (Wildman–Crippen LogP) is 1.90. The van der Waals surface area contributed by atoms with Gasteiger partial charge in [-0.3, -0.25) is 9.59 Å². The summed E-state index contributed by atoms with van der Waals surface area (Å²) in [5.74, 6) is 0.861. The lowest BCUT2D eigenvalue weighted by Gasteiger charge is -2.22. The number of carbonyl (C=O) groups excluding carboxylic acids is 2. The fourth-order valence-electron chi connectivity index (χ4n) is 1.90. The monoisotopic (exact) mass is 279 g/mol. The van der Waals surface area contributed by atoms with Crippen molar-refractivity contribution in [2.45, 2.75) is 33.1 Å². The molecule has 1 aromatic heterocycles. The average molecular weight is 279 g/mol. The highest BCUT2D eigenvalue weighted by Crippen LogP contribution is 2.31. The molecule has 6 nitrogen and oxygen atoms in total. The van der Waals surface area contributed by atoms with Gasteiger partial charge in [0, 0.05) is 18.5 Å². The summed E-state index contributed by atoms with van der Waals surface area (Å²) in [5, 5.41) is 6.24. The molecule has 0 atom stereocenters. The molecular formula is C14H21N3O3. The summed E-state index contributed by atoms with van der Waals surface area (Å²) >= 11 is 0. The fraction of sp³-hybridized carbons (Fsp3) is 0.643. The van der Waals surface area contributed by atoms with Gasteiger partial charge in [-0.25, -0.2) is 0 Å². The highest BCUT2D eigenvalue weighted by Gasteiger charge is 2.34. The van der Waals surface area contributed by atoms with Gasteiger partial charge in [0.15, 0.2) is 5.82 Å². The number of hydrogen-bond acceptors (Lipinski definition) is 4. The zero-order chi connectivity index (χ0) is 14.5. The molecule has 1 fully saturated rings. The van der Waals surface area contributed by atoms with Crippen molar-refractivity contribution in [3.63, 3.8) is 0 Å². The van der Waals surface area contributed by atoms with Gasteiger partial charge < -0.3 is 14.7 Å². The van der Waals surface area contributed by atoms with Crippen LogP contribution in [0.15, 0.2) is 16.9 Å². The van der Waals surface area contributed by atoms with Crippen LogP contribution in [-0.4, -0.2) is 35.0 Å². The summed E-state index contributed by atoms with van der Waals surface area (Å²) in [5.41, 5.74) is 0. The van der Waals surface area contributed by atoms with E-state index in [1.165, 1.54) is 6.26 Å². The molecule has 1 aliphatic carbocycles. The maximum absolute atomic E-state index is 12.2. The third-order valence-corrected chi connectivity index (χ3v) is 3.25. The van der Waals surface area contributed by atoms with Gasteiger partial charge in [-0.2, -0.15) is 0 Å². The molecule has 0 bridgehead atoms. The zero-order valence-corrected chi connectivity index (χ0v) is 12.0. The van der Waals surface area contributed by atoms with Gasteiger partial charge in [-0.1, -0.05) is 19.0 Å². The second kappa shape index (κ2) is 6.54. The van der Waals surface area contributed by atoms with Crippen molar-refractivity contribution >= 4 is 17.6 Å². The van der Waals surface area contributed by atoms with Gasteiger partial charge in [-0.15, -0.1) is 0 Å². The van der Waals surface area contributed by atoms with Gasteiger partial charge in [0.25, 0.3) is 0 Å². The van der Waals surface area contributed by atoms with Crippen LogP contribution < -0.4 is 5.32 Å². The molecule has 0 spiro atoms. The minimum absolute atomic E-state index is 0.0783. The lowest BCUT2D eigenvalue weighted by molar-refractivity contribution is -0.136. The van der Waals surface area contributed by atoms with Gasteiger partial charge in [0.05, 0.1) is 6.54 Å². The minimum Gasteiger partial charge on any atom is -0.363 e. The van der Waals surface area contributed by atoms with Crippen molar-refractivity contribution < 1.29 is 14.1 Å². The topological polar surface area (TPSA) is 75.4 Å². The van der Waals surface area contributed by atoms with E-state index in [4.69, 9.17) is 0 Å². The summed E-state index contributed by atoms with van der Waals surface area (Å²) in [7, 11) is 0. The third-order valence-electron chi connectivity index (χ3n) is 3.25. The maximum atomic E-state index is 12.2. The van der Waals surface area contributed by atoms with E-state index < -0.39 is 0 Å². The molecule has 0 radical (unpaired) electrons. The summed E-state index contributed by atoms with van der Waals surface area (Å²) in [4.78, 5) is 25.8. The lowest BCUT2D eigenvalue weighted by Crippen LogP contribution is -2.39. The van der Waals surface area contributed by atoms with Gasteiger partial charge in [0.1, 0.15) is 6.26 Å². The van der Waals surface area contributed by atoms with Crippen LogP contribution in [-0.2, 0) is 9.59 Å². The van der Waals surface area contributed by atoms with E-state index in [-0.39, 0.29) is 24.3 Å². The predicted molar refractivity (Wildman–Crippen MR) is 73.9 cm³/mol. The molecule has 1 N–H and O–H groups in total. The largest absolute Gasteiger partial charge is 0.363 e. The number of carbonyl (C=O) groups is 2.